The summed E-state index contributed by atoms with van der Waals surface area (Å²) in [6, 6.07) is 6.72. The molecule has 202 valence electrons. The molecule has 37 heavy (non-hydrogen) atoms. The Kier molecular flexibility index (Phi) is 7.46. The Labute approximate surface area is 223 Å². The number of nitrogens with zero attached hydrogens (tertiary/aromatic N) is 1. The van der Waals surface area contributed by atoms with Crippen LogP contribution in [-0.4, -0.2) is 30.3 Å². The average molecular weight is 507 g/mol. The number of benzene rings is 1. The van der Waals surface area contributed by atoms with E-state index in [1.807, 2.05) is 6.07 Å². The number of carbonyl (C=O) groups excluding carboxylic acids is 1. The molecule has 0 bridgehead atoms. The first-order valence-electron chi connectivity index (χ1n) is 14.6. The van der Waals surface area contributed by atoms with Crippen LogP contribution in [-0.2, 0) is 22.1 Å². The van der Waals surface area contributed by atoms with E-state index in [1.54, 1.807) is 0 Å². The highest BCUT2D eigenvalue weighted by Gasteiger charge is 2.49. The Balaban J connectivity index is 0.000000503. The van der Waals surface area contributed by atoms with E-state index >= 15 is 0 Å². The summed E-state index contributed by atoms with van der Waals surface area (Å²) in [7, 11) is 0. The number of aromatic nitrogens is 1. The van der Waals surface area contributed by atoms with Crippen LogP contribution in [0.15, 0.2) is 18.2 Å². The van der Waals surface area contributed by atoms with E-state index in [1.165, 1.54) is 74.5 Å². The third kappa shape index (κ3) is 5.48. The molecule has 2 N–H and O–H groups in total. The lowest BCUT2D eigenvalue weighted by Crippen LogP contribution is -2.24. The van der Waals surface area contributed by atoms with Gasteiger partial charge < -0.3 is 19.8 Å². The number of amides is 1. The minimum absolute atomic E-state index is 0.0180. The van der Waals surface area contributed by atoms with Gasteiger partial charge in [0.1, 0.15) is 5.75 Å². The number of ether oxygens (including phenoxy) is 2. The molecule has 5 heteroatoms. The van der Waals surface area contributed by atoms with Gasteiger partial charge in [0, 0.05) is 47.7 Å². The Bertz CT molecular complexity index is 1100. The predicted molar refractivity (Wildman–Crippen MR) is 149 cm³/mol. The molecule has 0 atom stereocenters. The molecule has 1 aromatic heterocycles. The quantitative estimate of drug-likeness (QED) is 0.483. The van der Waals surface area contributed by atoms with Crippen LogP contribution in [0.5, 0.6) is 5.75 Å². The summed E-state index contributed by atoms with van der Waals surface area (Å²) in [4.78, 5) is 12.3. The SMILES string of the molecule is C1CCOC1.Cc1c(C(N)=O)cc(-c2cc(C(C)(C)C)c3c(c2)C2(CCO3)CC2)n1CC1CCCCC1. The summed E-state index contributed by atoms with van der Waals surface area (Å²) in [5.74, 6) is 1.46. The van der Waals surface area contributed by atoms with Gasteiger partial charge in [0.15, 0.2) is 0 Å². The van der Waals surface area contributed by atoms with Gasteiger partial charge in [-0.05, 0) is 87.0 Å². The van der Waals surface area contributed by atoms with Crippen LogP contribution in [0.4, 0.5) is 0 Å². The fraction of sp³-hybridized carbons (Fsp3) is 0.656. The van der Waals surface area contributed by atoms with Crippen molar-refractivity contribution in [3.05, 3.63) is 40.6 Å². The molecule has 0 unspecified atom stereocenters. The fourth-order valence-electron chi connectivity index (χ4n) is 6.54. The second kappa shape index (κ2) is 10.5. The third-order valence-corrected chi connectivity index (χ3v) is 9.07. The van der Waals surface area contributed by atoms with Crippen LogP contribution < -0.4 is 10.5 Å². The van der Waals surface area contributed by atoms with Gasteiger partial charge in [-0.25, -0.2) is 0 Å². The molecule has 3 heterocycles. The smallest absolute Gasteiger partial charge is 0.250 e. The largest absolute Gasteiger partial charge is 0.493 e. The van der Waals surface area contributed by atoms with Crippen molar-refractivity contribution >= 4 is 5.91 Å². The molecule has 5 nitrogen and oxygen atoms in total. The Hall–Kier alpha value is -2.27. The summed E-state index contributed by atoms with van der Waals surface area (Å²) in [6.07, 6.45) is 12.7. The monoisotopic (exact) mass is 506 g/mol. The second-order valence-electron chi connectivity index (χ2n) is 12.9. The molecule has 6 rings (SSSR count). The number of hydrogen-bond acceptors (Lipinski definition) is 3. The van der Waals surface area contributed by atoms with Gasteiger partial charge in [0.05, 0.1) is 12.2 Å². The number of fused-ring (bicyclic) bond motifs is 2. The zero-order valence-electron chi connectivity index (χ0n) is 23.5. The van der Waals surface area contributed by atoms with Gasteiger partial charge in [0.2, 0.25) is 0 Å². The standard InChI is InChI=1S/C28H38N2O2.C4H8O/c1-18-21(26(29)31)16-24(30(18)17-19-8-6-5-7-9-19)20-14-22(27(2,3)4)25-23(15-20)28(10-11-28)12-13-32-25;1-2-4-5-3-1/h14-16,19H,5-13,17H2,1-4H3,(H2,29,31);1-4H2. The molecule has 3 fully saturated rings. The lowest BCUT2D eigenvalue weighted by Gasteiger charge is -2.33. The second-order valence-corrected chi connectivity index (χ2v) is 12.9. The molecule has 1 spiro atoms. The van der Waals surface area contributed by atoms with Crippen LogP contribution in [0.25, 0.3) is 11.3 Å². The van der Waals surface area contributed by atoms with Crippen molar-refractivity contribution in [1.29, 1.82) is 0 Å². The van der Waals surface area contributed by atoms with Gasteiger partial charge in [-0.3, -0.25) is 4.79 Å². The van der Waals surface area contributed by atoms with Crippen LogP contribution in [0.3, 0.4) is 0 Å². The highest BCUT2D eigenvalue weighted by molar-refractivity contribution is 5.95. The molecule has 2 aliphatic heterocycles. The van der Waals surface area contributed by atoms with E-state index in [0.717, 1.165) is 49.9 Å². The molecular formula is C32H46N2O3. The number of nitrogens with two attached hydrogens (primary N) is 1. The Morgan fingerprint density at radius 3 is 2.27 bits per heavy atom. The summed E-state index contributed by atoms with van der Waals surface area (Å²) in [6.45, 7) is 12.7. The van der Waals surface area contributed by atoms with Crippen molar-refractivity contribution in [2.45, 2.75) is 109 Å². The Morgan fingerprint density at radius 2 is 1.70 bits per heavy atom. The summed E-state index contributed by atoms with van der Waals surface area (Å²) in [5, 5.41) is 0. The molecule has 2 saturated carbocycles. The first-order valence-corrected chi connectivity index (χ1v) is 14.6. The maximum absolute atomic E-state index is 12.3. The predicted octanol–water partition coefficient (Wildman–Crippen LogP) is 7.05. The van der Waals surface area contributed by atoms with Crippen molar-refractivity contribution < 1.29 is 14.3 Å². The molecule has 1 aromatic carbocycles. The van der Waals surface area contributed by atoms with Crippen LogP contribution in [0.2, 0.25) is 0 Å². The van der Waals surface area contributed by atoms with Gasteiger partial charge in [-0.1, -0.05) is 40.0 Å². The minimum atomic E-state index is -0.331. The molecule has 2 aromatic rings. The summed E-state index contributed by atoms with van der Waals surface area (Å²) < 4.78 is 13.6. The van der Waals surface area contributed by atoms with Crippen molar-refractivity contribution in [2.75, 3.05) is 19.8 Å². The maximum Gasteiger partial charge on any atom is 0.250 e. The topological polar surface area (TPSA) is 66.5 Å². The zero-order chi connectivity index (χ0) is 26.2. The van der Waals surface area contributed by atoms with E-state index in [4.69, 9.17) is 15.2 Å². The molecule has 0 radical (unpaired) electrons. The average Bonchev–Trinajstić information content (AvgIpc) is 3.25. The number of primary amides is 1. The summed E-state index contributed by atoms with van der Waals surface area (Å²) in [5.41, 5.74) is 12.7. The van der Waals surface area contributed by atoms with Crippen molar-refractivity contribution in [3.8, 4) is 17.0 Å². The molecule has 2 aliphatic carbocycles. The highest BCUT2D eigenvalue weighted by Crippen LogP contribution is 2.58. The lowest BCUT2D eigenvalue weighted by atomic mass is 9.79. The first kappa shape index (κ1) is 26.3. The van der Waals surface area contributed by atoms with E-state index < -0.39 is 0 Å². The van der Waals surface area contributed by atoms with Crippen LogP contribution in [0, 0.1) is 12.8 Å². The lowest BCUT2D eigenvalue weighted by molar-refractivity contribution is 0.0999. The van der Waals surface area contributed by atoms with Gasteiger partial charge >= 0.3 is 0 Å². The summed E-state index contributed by atoms with van der Waals surface area (Å²) >= 11 is 0. The molecule has 1 saturated heterocycles. The van der Waals surface area contributed by atoms with E-state index in [9.17, 15) is 4.79 Å². The van der Waals surface area contributed by atoms with E-state index in [0.29, 0.717) is 16.9 Å². The normalized spacial score (nSPS) is 20.6. The molecule has 1 amide bonds. The number of carbonyl (C=O) groups is 1. The van der Waals surface area contributed by atoms with E-state index in [-0.39, 0.29) is 11.3 Å². The number of rotatable bonds is 4. The van der Waals surface area contributed by atoms with Gasteiger partial charge in [-0.15, -0.1) is 0 Å². The fourth-order valence-corrected chi connectivity index (χ4v) is 6.54. The van der Waals surface area contributed by atoms with Crippen molar-refractivity contribution in [1.82, 2.24) is 4.57 Å². The maximum atomic E-state index is 12.3. The first-order chi connectivity index (χ1) is 17.7. The van der Waals surface area contributed by atoms with Gasteiger partial charge in [-0.2, -0.15) is 0 Å². The minimum Gasteiger partial charge on any atom is -0.493 e. The third-order valence-electron chi connectivity index (χ3n) is 9.07. The zero-order valence-corrected chi connectivity index (χ0v) is 23.5. The van der Waals surface area contributed by atoms with Crippen molar-refractivity contribution in [3.63, 3.8) is 0 Å². The highest BCUT2D eigenvalue weighted by atomic mass is 16.5. The van der Waals surface area contributed by atoms with Crippen molar-refractivity contribution in [2.24, 2.45) is 11.7 Å². The van der Waals surface area contributed by atoms with Crippen LogP contribution in [0.1, 0.15) is 112 Å². The van der Waals surface area contributed by atoms with E-state index in [2.05, 4.69) is 44.4 Å². The molecular weight excluding hydrogens is 460 g/mol. The van der Waals surface area contributed by atoms with Crippen LogP contribution >= 0.6 is 0 Å². The van der Waals surface area contributed by atoms with Gasteiger partial charge in [0.25, 0.3) is 5.91 Å². The molecule has 4 aliphatic rings. The Morgan fingerprint density at radius 1 is 1.00 bits per heavy atom. The number of hydrogen-bond donors (Lipinski definition) is 1.